The highest BCUT2D eigenvalue weighted by atomic mass is 32.2. The molecule has 0 N–H and O–H groups in total. The number of carbonyl (C=O) groups excluding carboxylic acids is 1. The van der Waals surface area contributed by atoms with Gasteiger partial charge in [-0.3, -0.25) is 4.79 Å². The predicted octanol–water partition coefficient (Wildman–Crippen LogP) is 1.07. The molecule has 7 heteroatoms. The zero-order chi connectivity index (χ0) is 16.9. The summed E-state index contributed by atoms with van der Waals surface area (Å²) in [6.45, 7) is 2.56. The van der Waals surface area contributed by atoms with Gasteiger partial charge in [0.15, 0.2) is 0 Å². The molecule has 1 aromatic rings. The lowest BCUT2D eigenvalue weighted by molar-refractivity contribution is -0.144. The van der Waals surface area contributed by atoms with E-state index in [4.69, 9.17) is 4.74 Å². The summed E-state index contributed by atoms with van der Waals surface area (Å²) in [5.41, 5.74) is 1.11. The average molecular weight is 341 g/mol. The molecule has 0 spiro atoms. The molecule has 1 aliphatic rings. The lowest BCUT2D eigenvalue weighted by atomic mass is 10.1. The third-order valence-electron chi connectivity index (χ3n) is 3.87. The Morgan fingerprint density at radius 1 is 1.39 bits per heavy atom. The van der Waals surface area contributed by atoms with Crippen LogP contribution in [-0.2, 0) is 30.7 Å². The molecule has 2 atom stereocenters. The topological polar surface area (TPSA) is 72.9 Å². The predicted molar refractivity (Wildman–Crippen MR) is 86.4 cm³/mol. The number of ether oxygens (including phenoxy) is 2. The Bertz CT molecular complexity index is 617. The SMILES string of the molecule is COC(=O)[C@@H](C)CS(=O)(=O)N1CCO[C@H](Cc2ccccc2)C1. The van der Waals surface area contributed by atoms with Crippen molar-refractivity contribution in [1.29, 1.82) is 0 Å². The van der Waals surface area contributed by atoms with Crippen LogP contribution >= 0.6 is 0 Å². The summed E-state index contributed by atoms with van der Waals surface area (Å²) in [4.78, 5) is 11.4. The number of carbonyl (C=O) groups is 1. The molecule has 6 nitrogen and oxygen atoms in total. The molecule has 1 fully saturated rings. The molecule has 0 bridgehead atoms. The molecule has 128 valence electrons. The highest BCUT2D eigenvalue weighted by Crippen LogP contribution is 2.16. The lowest BCUT2D eigenvalue weighted by Gasteiger charge is -2.32. The maximum absolute atomic E-state index is 12.5. The second kappa shape index (κ2) is 7.90. The van der Waals surface area contributed by atoms with Crippen molar-refractivity contribution in [3.63, 3.8) is 0 Å². The Balaban J connectivity index is 1.98. The molecule has 0 saturated carbocycles. The fourth-order valence-corrected chi connectivity index (χ4v) is 4.36. The second-order valence-electron chi connectivity index (χ2n) is 5.74. The van der Waals surface area contributed by atoms with E-state index in [1.54, 1.807) is 6.92 Å². The first-order valence-corrected chi connectivity index (χ1v) is 9.24. The number of hydrogen-bond acceptors (Lipinski definition) is 5. The van der Waals surface area contributed by atoms with Crippen LogP contribution in [0.25, 0.3) is 0 Å². The van der Waals surface area contributed by atoms with E-state index in [1.165, 1.54) is 11.4 Å². The monoisotopic (exact) mass is 341 g/mol. The number of benzene rings is 1. The fourth-order valence-electron chi connectivity index (χ4n) is 2.64. The molecule has 1 saturated heterocycles. The highest BCUT2D eigenvalue weighted by molar-refractivity contribution is 7.89. The first-order chi connectivity index (χ1) is 10.9. The Morgan fingerprint density at radius 3 is 2.74 bits per heavy atom. The zero-order valence-electron chi connectivity index (χ0n) is 13.5. The lowest BCUT2D eigenvalue weighted by Crippen LogP contribution is -2.48. The van der Waals surface area contributed by atoms with Gasteiger partial charge in [0.1, 0.15) is 0 Å². The third-order valence-corrected chi connectivity index (χ3v) is 5.90. The minimum absolute atomic E-state index is 0.172. The molecular weight excluding hydrogens is 318 g/mol. The molecule has 0 unspecified atom stereocenters. The summed E-state index contributed by atoms with van der Waals surface area (Å²) in [6, 6.07) is 9.83. The van der Waals surface area contributed by atoms with Crippen LogP contribution in [0.2, 0.25) is 0 Å². The van der Waals surface area contributed by atoms with Crippen molar-refractivity contribution < 1.29 is 22.7 Å². The van der Waals surface area contributed by atoms with E-state index in [1.807, 2.05) is 30.3 Å². The largest absolute Gasteiger partial charge is 0.469 e. The summed E-state index contributed by atoms with van der Waals surface area (Å²) in [5.74, 6) is -1.43. The Morgan fingerprint density at radius 2 is 2.09 bits per heavy atom. The molecule has 0 aliphatic carbocycles. The number of sulfonamides is 1. The fraction of sp³-hybridized carbons (Fsp3) is 0.562. The van der Waals surface area contributed by atoms with Gasteiger partial charge < -0.3 is 9.47 Å². The Kier molecular flexibility index (Phi) is 6.15. The number of methoxy groups -OCH3 is 1. The second-order valence-corrected chi connectivity index (χ2v) is 7.76. The molecule has 1 aromatic carbocycles. The maximum Gasteiger partial charge on any atom is 0.309 e. The molecule has 0 aromatic heterocycles. The Labute approximate surface area is 137 Å². The van der Waals surface area contributed by atoms with Crippen LogP contribution in [-0.4, -0.2) is 57.4 Å². The number of rotatable bonds is 6. The van der Waals surface area contributed by atoms with E-state index in [-0.39, 0.29) is 11.9 Å². The molecule has 2 rings (SSSR count). The highest BCUT2D eigenvalue weighted by Gasteiger charge is 2.32. The van der Waals surface area contributed by atoms with Gasteiger partial charge in [-0.2, -0.15) is 4.31 Å². The van der Waals surface area contributed by atoms with Gasteiger partial charge in [0.25, 0.3) is 0 Å². The van der Waals surface area contributed by atoms with Crippen molar-refractivity contribution in [2.24, 2.45) is 5.92 Å². The molecule has 1 aliphatic heterocycles. The smallest absolute Gasteiger partial charge is 0.309 e. The normalized spacial score (nSPS) is 20.9. The minimum atomic E-state index is -3.51. The van der Waals surface area contributed by atoms with Gasteiger partial charge in [-0.1, -0.05) is 37.3 Å². The van der Waals surface area contributed by atoms with Gasteiger partial charge in [-0.25, -0.2) is 8.42 Å². The third kappa shape index (κ3) is 5.02. The van der Waals surface area contributed by atoms with Crippen LogP contribution in [0.5, 0.6) is 0 Å². The van der Waals surface area contributed by atoms with Crippen LogP contribution in [0, 0.1) is 5.92 Å². The summed E-state index contributed by atoms with van der Waals surface area (Å²) in [5, 5.41) is 0. The maximum atomic E-state index is 12.5. The van der Waals surface area contributed by atoms with Crippen molar-refractivity contribution in [3.05, 3.63) is 35.9 Å². The molecule has 0 amide bonds. The van der Waals surface area contributed by atoms with E-state index in [2.05, 4.69) is 4.74 Å². The van der Waals surface area contributed by atoms with Gasteiger partial charge in [0.2, 0.25) is 10.0 Å². The zero-order valence-corrected chi connectivity index (χ0v) is 14.3. The molecule has 23 heavy (non-hydrogen) atoms. The first-order valence-electron chi connectivity index (χ1n) is 7.63. The summed E-state index contributed by atoms with van der Waals surface area (Å²) in [6.07, 6.45) is 0.494. The summed E-state index contributed by atoms with van der Waals surface area (Å²) < 4.78 is 36.7. The van der Waals surface area contributed by atoms with Gasteiger partial charge in [-0.15, -0.1) is 0 Å². The minimum Gasteiger partial charge on any atom is -0.469 e. The number of morpholine rings is 1. The van der Waals surface area contributed by atoms with E-state index >= 15 is 0 Å². The van der Waals surface area contributed by atoms with Crippen molar-refractivity contribution in [2.45, 2.75) is 19.4 Å². The number of nitrogens with zero attached hydrogens (tertiary/aromatic N) is 1. The van der Waals surface area contributed by atoms with Gasteiger partial charge in [-0.05, 0) is 12.0 Å². The van der Waals surface area contributed by atoms with Crippen LogP contribution in [0.4, 0.5) is 0 Å². The van der Waals surface area contributed by atoms with Crippen molar-refractivity contribution in [3.8, 4) is 0 Å². The van der Waals surface area contributed by atoms with Crippen molar-refractivity contribution in [1.82, 2.24) is 4.31 Å². The number of esters is 1. The van der Waals surface area contributed by atoms with E-state index in [9.17, 15) is 13.2 Å². The standard InChI is InChI=1S/C16H23NO5S/c1-13(16(18)21-2)12-23(19,20)17-8-9-22-15(11-17)10-14-6-4-3-5-7-14/h3-7,13,15H,8-12H2,1-2H3/t13-,15+/m0/s1. The van der Waals surface area contributed by atoms with Crippen LogP contribution in [0.15, 0.2) is 30.3 Å². The van der Waals surface area contributed by atoms with Crippen molar-refractivity contribution in [2.75, 3.05) is 32.6 Å². The van der Waals surface area contributed by atoms with Gasteiger partial charge in [0, 0.05) is 13.1 Å². The Hall–Kier alpha value is -1.44. The van der Waals surface area contributed by atoms with Gasteiger partial charge >= 0.3 is 5.97 Å². The molecular formula is C16H23NO5S. The quantitative estimate of drug-likeness (QED) is 0.724. The average Bonchev–Trinajstić information content (AvgIpc) is 2.55. The first kappa shape index (κ1) is 17.9. The summed E-state index contributed by atoms with van der Waals surface area (Å²) in [7, 11) is -2.25. The summed E-state index contributed by atoms with van der Waals surface area (Å²) >= 11 is 0. The van der Waals surface area contributed by atoms with Crippen molar-refractivity contribution >= 4 is 16.0 Å². The van der Waals surface area contributed by atoms with Crippen LogP contribution in [0.3, 0.4) is 0 Å². The molecule has 0 radical (unpaired) electrons. The molecule has 1 heterocycles. The van der Waals surface area contributed by atoms with Crippen LogP contribution in [0.1, 0.15) is 12.5 Å². The van der Waals surface area contributed by atoms with Gasteiger partial charge in [0.05, 0.1) is 31.5 Å². The van der Waals surface area contributed by atoms with E-state index in [0.717, 1.165) is 5.56 Å². The van der Waals surface area contributed by atoms with E-state index in [0.29, 0.717) is 26.1 Å². The van der Waals surface area contributed by atoms with Crippen LogP contribution < -0.4 is 0 Å². The van der Waals surface area contributed by atoms with E-state index < -0.39 is 21.9 Å². The number of hydrogen-bond donors (Lipinski definition) is 0.